The quantitative estimate of drug-likeness (QED) is 0.836. The Hall–Kier alpha value is -2.54. The van der Waals surface area contributed by atoms with Crippen molar-refractivity contribution < 1.29 is 9.47 Å². The van der Waals surface area contributed by atoms with Gasteiger partial charge in [0.15, 0.2) is 5.75 Å². The lowest BCUT2D eigenvalue weighted by atomic mass is 10.1. The fourth-order valence-electron chi connectivity index (χ4n) is 1.97. The molecule has 20 heavy (non-hydrogen) atoms. The van der Waals surface area contributed by atoms with Crippen LogP contribution in [0.15, 0.2) is 36.5 Å². The van der Waals surface area contributed by atoms with E-state index in [4.69, 9.17) is 14.7 Å². The predicted octanol–water partition coefficient (Wildman–Crippen LogP) is 2.76. The normalized spacial score (nSPS) is 9.85. The number of pyridine rings is 1. The minimum atomic E-state index is 0.512. The summed E-state index contributed by atoms with van der Waals surface area (Å²) in [7, 11) is 3.19. The van der Waals surface area contributed by atoms with E-state index in [2.05, 4.69) is 17.1 Å². The van der Waals surface area contributed by atoms with Crippen molar-refractivity contribution in [2.24, 2.45) is 0 Å². The van der Waals surface area contributed by atoms with Crippen molar-refractivity contribution in [3.05, 3.63) is 53.3 Å². The molecule has 1 aromatic heterocycles. The number of ether oxygens (including phenoxy) is 2. The first-order valence-electron chi connectivity index (χ1n) is 6.32. The largest absolute Gasteiger partial charge is 0.497 e. The van der Waals surface area contributed by atoms with Crippen molar-refractivity contribution in [2.75, 3.05) is 14.2 Å². The molecule has 0 N–H and O–H groups in total. The topological polar surface area (TPSA) is 55.1 Å². The van der Waals surface area contributed by atoms with Crippen LogP contribution >= 0.6 is 0 Å². The number of rotatable bonds is 5. The number of nitriles is 1. The fourth-order valence-corrected chi connectivity index (χ4v) is 1.97. The summed E-state index contributed by atoms with van der Waals surface area (Å²) >= 11 is 0. The van der Waals surface area contributed by atoms with Crippen LogP contribution in [-0.4, -0.2) is 19.2 Å². The van der Waals surface area contributed by atoms with Crippen LogP contribution in [0.3, 0.4) is 0 Å². The van der Waals surface area contributed by atoms with E-state index < -0.39 is 0 Å². The highest BCUT2D eigenvalue weighted by Crippen LogP contribution is 2.18. The van der Waals surface area contributed by atoms with Gasteiger partial charge in [-0.05, 0) is 36.6 Å². The lowest BCUT2D eigenvalue weighted by molar-refractivity contribution is 0.411. The fraction of sp³-hybridized carbons (Fsp3) is 0.250. The first kappa shape index (κ1) is 13.9. The van der Waals surface area contributed by atoms with E-state index in [1.807, 2.05) is 18.2 Å². The molecule has 0 unspecified atom stereocenters. The molecule has 1 aromatic carbocycles. The molecule has 0 bridgehead atoms. The molecule has 102 valence electrons. The van der Waals surface area contributed by atoms with Crippen LogP contribution in [0.5, 0.6) is 11.5 Å². The monoisotopic (exact) mass is 268 g/mol. The van der Waals surface area contributed by atoms with Gasteiger partial charge in [0.1, 0.15) is 11.8 Å². The van der Waals surface area contributed by atoms with Crippen molar-refractivity contribution >= 4 is 0 Å². The molecule has 0 aliphatic rings. The Balaban J connectivity index is 2.09. The Morgan fingerprint density at radius 3 is 2.70 bits per heavy atom. The Labute approximate surface area is 118 Å². The zero-order valence-electron chi connectivity index (χ0n) is 11.6. The average molecular weight is 268 g/mol. The van der Waals surface area contributed by atoms with E-state index >= 15 is 0 Å². The number of hydrogen-bond acceptors (Lipinski definition) is 4. The smallest absolute Gasteiger partial charge is 0.154 e. The second-order valence-corrected chi connectivity index (χ2v) is 4.34. The van der Waals surface area contributed by atoms with E-state index in [1.165, 1.54) is 12.7 Å². The minimum absolute atomic E-state index is 0.512. The van der Waals surface area contributed by atoms with Crippen LogP contribution in [0.25, 0.3) is 0 Å². The van der Waals surface area contributed by atoms with Crippen LogP contribution in [-0.2, 0) is 12.8 Å². The summed E-state index contributed by atoms with van der Waals surface area (Å²) < 4.78 is 10.3. The number of aromatic nitrogens is 1. The van der Waals surface area contributed by atoms with E-state index in [9.17, 15) is 0 Å². The molecule has 0 radical (unpaired) electrons. The molecule has 0 aliphatic carbocycles. The summed E-state index contributed by atoms with van der Waals surface area (Å²) in [4.78, 5) is 4.31. The molecule has 4 nitrogen and oxygen atoms in total. The highest BCUT2D eigenvalue weighted by Gasteiger charge is 2.05. The van der Waals surface area contributed by atoms with E-state index in [0.717, 1.165) is 24.3 Å². The molecule has 0 amide bonds. The summed E-state index contributed by atoms with van der Waals surface area (Å²) in [6.45, 7) is 0. The van der Waals surface area contributed by atoms with Gasteiger partial charge in [0.2, 0.25) is 0 Å². The standard InChI is InChI=1S/C16H16N2O2/c1-19-15-5-3-4-12(8-15)6-7-14-9-13(10-17)16(20-2)11-18-14/h3-5,8-9,11H,6-7H2,1-2H3. The van der Waals surface area contributed by atoms with Crippen LogP contribution in [0.4, 0.5) is 0 Å². The molecular formula is C16H16N2O2. The highest BCUT2D eigenvalue weighted by molar-refractivity contribution is 5.42. The number of benzene rings is 1. The van der Waals surface area contributed by atoms with Crippen LogP contribution in [0.1, 0.15) is 16.8 Å². The molecule has 0 atom stereocenters. The first-order valence-corrected chi connectivity index (χ1v) is 6.32. The summed E-state index contributed by atoms with van der Waals surface area (Å²) in [5.41, 5.74) is 2.58. The summed E-state index contributed by atoms with van der Waals surface area (Å²) in [6.07, 6.45) is 3.21. The molecule has 1 heterocycles. The van der Waals surface area contributed by atoms with Crippen molar-refractivity contribution in [1.29, 1.82) is 5.26 Å². The van der Waals surface area contributed by atoms with Crippen LogP contribution in [0, 0.1) is 11.3 Å². The molecule has 2 rings (SSSR count). The lowest BCUT2D eigenvalue weighted by Gasteiger charge is -2.06. The lowest BCUT2D eigenvalue weighted by Crippen LogP contribution is -1.98. The molecular weight excluding hydrogens is 252 g/mol. The van der Waals surface area contributed by atoms with Gasteiger partial charge in [-0.15, -0.1) is 0 Å². The Morgan fingerprint density at radius 1 is 1.15 bits per heavy atom. The Morgan fingerprint density at radius 2 is 2.00 bits per heavy atom. The van der Waals surface area contributed by atoms with Crippen LogP contribution in [0.2, 0.25) is 0 Å². The zero-order valence-corrected chi connectivity index (χ0v) is 11.6. The predicted molar refractivity (Wildman–Crippen MR) is 75.9 cm³/mol. The van der Waals surface area contributed by atoms with Gasteiger partial charge in [0.05, 0.1) is 26.0 Å². The maximum atomic E-state index is 9.05. The van der Waals surface area contributed by atoms with Crippen molar-refractivity contribution in [2.45, 2.75) is 12.8 Å². The maximum Gasteiger partial charge on any atom is 0.154 e. The molecule has 4 heteroatoms. The summed E-state index contributed by atoms with van der Waals surface area (Å²) in [6, 6.07) is 11.8. The van der Waals surface area contributed by atoms with Gasteiger partial charge < -0.3 is 9.47 Å². The van der Waals surface area contributed by atoms with Crippen molar-refractivity contribution in [1.82, 2.24) is 4.98 Å². The van der Waals surface area contributed by atoms with Crippen LogP contribution < -0.4 is 9.47 Å². The number of aryl methyl sites for hydroxylation is 2. The SMILES string of the molecule is COc1cccc(CCc2cc(C#N)c(OC)cn2)c1. The second-order valence-electron chi connectivity index (χ2n) is 4.34. The van der Waals surface area contributed by atoms with Gasteiger partial charge in [0.25, 0.3) is 0 Å². The minimum Gasteiger partial charge on any atom is -0.497 e. The zero-order chi connectivity index (χ0) is 14.4. The highest BCUT2D eigenvalue weighted by atomic mass is 16.5. The van der Waals surface area contributed by atoms with Gasteiger partial charge in [-0.2, -0.15) is 5.26 Å². The molecule has 0 saturated heterocycles. The Kier molecular flexibility index (Phi) is 4.56. The molecule has 0 saturated carbocycles. The van der Waals surface area contributed by atoms with E-state index in [1.54, 1.807) is 19.4 Å². The third-order valence-electron chi connectivity index (χ3n) is 3.07. The molecule has 0 aliphatic heterocycles. The van der Waals surface area contributed by atoms with Crippen molar-refractivity contribution in [3.63, 3.8) is 0 Å². The van der Waals surface area contributed by atoms with E-state index in [0.29, 0.717) is 11.3 Å². The van der Waals surface area contributed by atoms with Gasteiger partial charge in [0, 0.05) is 5.69 Å². The summed E-state index contributed by atoms with van der Waals surface area (Å²) in [5, 5.41) is 9.05. The summed E-state index contributed by atoms with van der Waals surface area (Å²) in [5.74, 6) is 1.36. The Bertz CT molecular complexity index is 633. The van der Waals surface area contributed by atoms with Gasteiger partial charge in [-0.25, -0.2) is 0 Å². The molecule has 0 spiro atoms. The average Bonchev–Trinajstić information content (AvgIpc) is 2.52. The van der Waals surface area contributed by atoms with Crippen molar-refractivity contribution in [3.8, 4) is 17.6 Å². The molecule has 2 aromatic rings. The van der Waals surface area contributed by atoms with Gasteiger partial charge in [-0.1, -0.05) is 12.1 Å². The third-order valence-corrected chi connectivity index (χ3v) is 3.07. The number of nitrogens with zero attached hydrogens (tertiary/aromatic N) is 2. The maximum absolute atomic E-state index is 9.05. The van der Waals surface area contributed by atoms with E-state index in [-0.39, 0.29) is 0 Å². The molecule has 0 fully saturated rings. The number of methoxy groups -OCH3 is 2. The van der Waals surface area contributed by atoms with Gasteiger partial charge in [-0.3, -0.25) is 4.98 Å². The first-order chi connectivity index (χ1) is 9.76. The third kappa shape index (κ3) is 3.27. The number of hydrogen-bond donors (Lipinski definition) is 0. The van der Waals surface area contributed by atoms with Gasteiger partial charge >= 0.3 is 0 Å². The second kappa shape index (κ2) is 6.58.